The zero-order valence-electron chi connectivity index (χ0n) is 17.7. The Morgan fingerprint density at radius 1 is 1.15 bits per heavy atom. The van der Waals surface area contributed by atoms with E-state index in [0.717, 1.165) is 9.37 Å². The average Bonchev–Trinajstić information content (AvgIpc) is 3.21. The lowest BCUT2D eigenvalue weighted by Crippen LogP contribution is -2.21. The van der Waals surface area contributed by atoms with Crippen LogP contribution in [0.5, 0.6) is 5.75 Å². The van der Waals surface area contributed by atoms with Crippen molar-refractivity contribution in [2.24, 2.45) is 5.10 Å². The minimum Gasteiger partial charge on any atom is -0.507 e. The van der Waals surface area contributed by atoms with E-state index in [4.69, 9.17) is 4.63 Å². The highest BCUT2D eigenvalue weighted by atomic mass is 79.9. The number of rotatable bonds is 8. The van der Waals surface area contributed by atoms with E-state index in [-0.39, 0.29) is 11.7 Å². The molecule has 0 radical (unpaired) electrons. The number of nitrogens with one attached hydrogen (secondary N) is 1. The molecule has 0 spiro atoms. The minimum atomic E-state index is 0.108. The van der Waals surface area contributed by atoms with Crippen LogP contribution in [0.25, 0.3) is 0 Å². The first-order chi connectivity index (χ1) is 16.0. The van der Waals surface area contributed by atoms with Gasteiger partial charge in [-0.15, -0.1) is 0 Å². The lowest BCUT2D eigenvalue weighted by molar-refractivity contribution is 0.301. The Labute approximate surface area is 202 Å². The molecule has 168 valence electrons. The summed E-state index contributed by atoms with van der Waals surface area (Å²) in [5.74, 6) is 0.789. The Bertz CT molecular complexity index is 1270. The van der Waals surface area contributed by atoms with Gasteiger partial charge in [-0.3, -0.25) is 0 Å². The molecule has 12 heteroatoms. The fourth-order valence-electron chi connectivity index (χ4n) is 2.68. The Balaban J connectivity index is 1.59. The fraction of sp³-hybridized carbons (Fsp3) is 0.143. The molecule has 4 aromatic rings. The number of aromatic hydroxyl groups is 1. The smallest absolute Gasteiger partial charge is 0.249 e. The van der Waals surface area contributed by atoms with Crippen LogP contribution in [0.3, 0.4) is 0 Å². The van der Waals surface area contributed by atoms with E-state index in [1.807, 2.05) is 49.2 Å². The first kappa shape index (κ1) is 22.7. The van der Waals surface area contributed by atoms with Crippen molar-refractivity contribution >= 4 is 45.8 Å². The second-order valence-electron chi connectivity index (χ2n) is 6.88. The molecular formula is C21H19BrN8O2S. The van der Waals surface area contributed by atoms with E-state index in [1.165, 1.54) is 18.0 Å². The monoisotopic (exact) mass is 526 g/mol. The molecule has 0 bridgehead atoms. The molecule has 0 aliphatic heterocycles. The van der Waals surface area contributed by atoms with Crippen LogP contribution in [0.4, 0.5) is 11.9 Å². The Morgan fingerprint density at radius 3 is 2.73 bits per heavy atom. The van der Waals surface area contributed by atoms with Gasteiger partial charge in [-0.25, -0.2) is 10.1 Å². The van der Waals surface area contributed by atoms with Crippen molar-refractivity contribution < 1.29 is 9.74 Å². The summed E-state index contributed by atoms with van der Waals surface area (Å²) < 4.78 is 5.61. The van der Waals surface area contributed by atoms with Crippen LogP contribution < -0.4 is 10.3 Å². The number of aryl methyl sites for hydroxylation is 1. The summed E-state index contributed by atoms with van der Waals surface area (Å²) in [5, 5.41) is 22.4. The maximum absolute atomic E-state index is 9.99. The number of phenolic OH excluding ortho intramolecular Hbond substituents is 1. The third kappa shape index (κ3) is 6.05. The molecule has 0 saturated carbocycles. The Hall–Kier alpha value is -3.51. The van der Waals surface area contributed by atoms with Crippen molar-refractivity contribution in [3.63, 3.8) is 0 Å². The van der Waals surface area contributed by atoms with Crippen LogP contribution in [0.2, 0.25) is 0 Å². The molecule has 0 amide bonds. The molecular weight excluding hydrogens is 508 g/mol. The van der Waals surface area contributed by atoms with Crippen molar-refractivity contribution in [1.82, 2.24) is 25.3 Å². The SMILES string of the molecule is Cc1nonc1CN(C)c1nc(NN=Cc2cc(Br)ccc2O)nc(Sc2ccccc2)n1. The number of aromatic nitrogens is 5. The van der Waals surface area contributed by atoms with Gasteiger partial charge >= 0.3 is 0 Å². The lowest BCUT2D eigenvalue weighted by atomic mass is 10.2. The highest BCUT2D eigenvalue weighted by Gasteiger charge is 2.15. The summed E-state index contributed by atoms with van der Waals surface area (Å²) in [4.78, 5) is 16.3. The number of hydrazone groups is 1. The van der Waals surface area contributed by atoms with Gasteiger partial charge in [0.25, 0.3) is 0 Å². The molecule has 4 rings (SSSR count). The van der Waals surface area contributed by atoms with Gasteiger partial charge in [0.1, 0.15) is 17.1 Å². The van der Waals surface area contributed by atoms with Crippen LogP contribution in [0.1, 0.15) is 17.0 Å². The van der Waals surface area contributed by atoms with E-state index in [2.05, 4.69) is 51.7 Å². The summed E-state index contributed by atoms with van der Waals surface area (Å²) >= 11 is 4.78. The van der Waals surface area contributed by atoms with Crippen LogP contribution in [-0.4, -0.2) is 43.6 Å². The molecule has 0 aliphatic carbocycles. The van der Waals surface area contributed by atoms with Crippen molar-refractivity contribution in [2.45, 2.75) is 23.5 Å². The number of halogens is 1. The molecule has 0 unspecified atom stereocenters. The van der Waals surface area contributed by atoms with Crippen molar-refractivity contribution in [2.75, 3.05) is 17.4 Å². The zero-order valence-corrected chi connectivity index (χ0v) is 20.1. The number of phenols is 1. The highest BCUT2D eigenvalue weighted by molar-refractivity contribution is 9.10. The third-order valence-electron chi connectivity index (χ3n) is 4.39. The second-order valence-corrected chi connectivity index (χ2v) is 8.84. The van der Waals surface area contributed by atoms with E-state index in [1.54, 1.807) is 18.2 Å². The Kier molecular flexibility index (Phi) is 7.15. The minimum absolute atomic E-state index is 0.108. The second kappa shape index (κ2) is 10.4. The molecule has 0 atom stereocenters. The van der Waals surface area contributed by atoms with E-state index < -0.39 is 0 Å². The number of benzene rings is 2. The highest BCUT2D eigenvalue weighted by Crippen LogP contribution is 2.26. The number of hydrogen-bond acceptors (Lipinski definition) is 11. The normalized spacial score (nSPS) is 11.1. The first-order valence-electron chi connectivity index (χ1n) is 9.73. The van der Waals surface area contributed by atoms with Crippen LogP contribution in [0, 0.1) is 6.92 Å². The summed E-state index contributed by atoms with van der Waals surface area (Å²) in [6, 6.07) is 14.9. The van der Waals surface area contributed by atoms with Gasteiger partial charge in [-0.1, -0.05) is 44.4 Å². The molecule has 2 heterocycles. The fourth-order valence-corrected chi connectivity index (χ4v) is 3.83. The molecule has 2 N–H and O–H groups in total. The van der Waals surface area contributed by atoms with Crippen LogP contribution >= 0.6 is 27.7 Å². The van der Waals surface area contributed by atoms with Gasteiger partial charge in [0.05, 0.1) is 12.8 Å². The lowest BCUT2D eigenvalue weighted by Gasteiger charge is -2.16. The standard InChI is InChI=1S/C21H19BrN8O2S/c1-13-17(29-32-28-13)12-30(2)20-24-19(25-21(26-20)33-16-6-4-3-5-7-16)27-23-11-14-10-15(22)8-9-18(14)31/h3-11,31H,12H2,1-2H3,(H,24,25,26,27). The molecule has 2 aromatic heterocycles. The zero-order chi connectivity index (χ0) is 23.2. The van der Waals surface area contributed by atoms with E-state index in [9.17, 15) is 5.11 Å². The van der Waals surface area contributed by atoms with E-state index in [0.29, 0.717) is 34.6 Å². The number of nitrogens with zero attached hydrogens (tertiary/aromatic N) is 7. The summed E-state index contributed by atoms with van der Waals surface area (Å²) in [6.07, 6.45) is 1.49. The van der Waals surface area contributed by atoms with E-state index >= 15 is 0 Å². The first-order valence-corrected chi connectivity index (χ1v) is 11.3. The van der Waals surface area contributed by atoms with Gasteiger partial charge < -0.3 is 10.0 Å². The molecule has 0 saturated heterocycles. The van der Waals surface area contributed by atoms with Gasteiger partial charge in [0, 0.05) is 22.0 Å². The predicted molar refractivity (Wildman–Crippen MR) is 129 cm³/mol. The molecule has 33 heavy (non-hydrogen) atoms. The molecule has 0 fully saturated rings. The maximum atomic E-state index is 9.99. The summed E-state index contributed by atoms with van der Waals surface area (Å²) in [5.41, 5.74) is 4.75. The van der Waals surface area contributed by atoms with Crippen LogP contribution in [0.15, 0.2) is 72.8 Å². The summed E-state index contributed by atoms with van der Waals surface area (Å²) in [6.45, 7) is 2.23. The van der Waals surface area contributed by atoms with Gasteiger partial charge in [-0.05, 0) is 49.0 Å². The van der Waals surface area contributed by atoms with Gasteiger partial charge in [0.15, 0.2) is 5.16 Å². The number of anilines is 2. The average molecular weight is 527 g/mol. The third-order valence-corrected chi connectivity index (χ3v) is 5.75. The largest absolute Gasteiger partial charge is 0.507 e. The molecule has 0 aliphatic rings. The van der Waals surface area contributed by atoms with Gasteiger partial charge in [-0.2, -0.15) is 20.1 Å². The van der Waals surface area contributed by atoms with Crippen molar-refractivity contribution in [1.29, 1.82) is 0 Å². The summed E-state index contributed by atoms with van der Waals surface area (Å²) in [7, 11) is 1.84. The van der Waals surface area contributed by atoms with Crippen LogP contribution in [-0.2, 0) is 6.54 Å². The molecule has 10 nitrogen and oxygen atoms in total. The maximum Gasteiger partial charge on any atom is 0.249 e. The predicted octanol–water partition coefficient (Wildman–Crippen LogP) is 4.26. The molecule has 2 aromatic carbocycles. The quantitative estimate of drug-likeness (QED) is 0.254. The Morgan fingerprint density at radius 2 is 1.97 bits per heavy atom. The number of hydrogen-bond donors (Lipinski definition) is 2. The van der Waals surface area contributed by atoms with Crippen molar-refractivity contribution in [3.8, 4) is 5.75 Å². The van der Waals surface area contributed by atoms with Crippen molar-refractivity contribution in [3.05, 3.63) is 70.0 Å². The van der Waals surface area contributed by atoms with Gasteiger partial charge in [0.2, 0.25) is 11.9 Å². The topological polar surface area (TPSA) is 125 Å².